The molecule has 0 aliphatic heterocycles. The number of aromatic nitrogens is 3. The van der Waals surface area contributed by atoms with Crippen molar-refractivity contribution in [3.8, 4) is 0 Å². The minimum atomic E-state index is -0.149. The Bertz CT molecular complexity index is 792. The van der Waals surface area contributed by atoms with Crippen LogP contribution in [0.15, 0.2) is 22.0 Å². The zero-order valence-electron chi connectivity index (χ0n) is 12.8. The van der Waals surface area contributed by atoms with Crippen LogP contribution < -0.4 is 5.32 Å². The van der Waals surface area contributed by atoms with Gasteiger partial charge in [-0.3, -0.25) is 4.79 Å². The zero-order chi connectivity index (χ0) is 16.2. The largest absolute Gasteiger partial charge is 0.344 e. The number of carbonyl (C=O) groups is 1. The van der Waals surface area contributed by atoms with Crippen molar-refractivity contribution in [1.29, 1.82) is 0 Å². The van der Waals surface area contributed by atoms with E-state index >= 15 is 0 Å². The van der Waals surface area contributed by atoms with Crippen molar-refractivity contribution in [2.75, 3.05) is 0 Å². The van der Waals surface area contributed by atoms with E-state index in [1.54, 1.807) is 11.3 Å². The van der Waals surface area contributed by atoms with Crippen LogP contribution in [0.25, 0.3) is 0 Å². The molecule has 0 spiro atoms. The number of amides is 1. The molecular weight excluding hydrogens is 332 g/mol. The first-order valence-electron chi connectivity index (χ1n) is 7.24. The summed E-state index contributed by atoms with van der Waals surface area (Å²) in [6, 6.07) is 4.01. The second-order valence-electron chi connectivity index (χ2n) is 4.92. The number of aryl methyl sites for hydroxylation is 2. The Labute approximate surface area is 141 Å². The lowest BCUT2D eigenvalue weighted by atomic mass is 10.3. The highest BCUT2D eigenvalue weighted by molar-refractivity contribution is 7.13. The van der Waals surface area contributed by atoms with Crippen LogP contribution in [0.3, 0.4) is 0 Å². The van der Waals surface area contributed by atoms with E-state index in [0.717, 1.165) is 22.0 Å². The van der Waals surface area contributed by atoms with Crippen LogP contribution in [-0.4, -0.2) is 21.0 Å². The summed E-state index contributed by atoms with van der Waals surface area (Å²) < 4.78 is 5.21. The molecule has 0 aliphatic rings. The first-order valence-corrected chi connectivity index (χ1v) is 8.93. The van der Waals surface area contributed by atoms with Gasteiger partial charge in [0.2, 0.25) is 5.89 Å². The van der Waals surface area contributed by atoms with Gasteiger partial charge in [-0.2, -0.15) is 4.98 Å². The smallest absolute Gasteiger partial charge is 0.263 e. The van der Waals surface area contributed by atoms with Gasteiger partial charge in [0.25, 0.3) is 5.91 Å². The average Bonchev–Trinajstić information content (AvgIpc) is 3.27. The minimum Gasteiger partial charge on any atom is -0.344 e. The maximum Gasteiger partial charge on any atom is 0.263 e. The van der Waals surface area contributed by atoms with Gasteiger partial charge in [-0.1, -0.05) is 18.1 Å². The van der Waals surface area contributed by atoms with Crippen LogP contribution >= 0.6 is 22.7 Å². The van der Waals surface area contributed by atoms with Gasteiger partial charge >= 0.3 is 0 Å². The van der Waals surface area contributed by atoms with Crippen molar-refractivity contribution in [2.45, 2.75) is 33.2 Å². The Morgan fingerprint density at radius 1 is 1.39 bits per heavy atom. The Kier molecular flexibility index (Phi) is 4.82. The van der Waals surface area contributed by atoms with Crippen LogP contribution in [0.1, 0.15) is 43.9 Å². The summed E-state index contributed by atoms with van der Waals surface area (Å²) in [6.07, 6.45) is 1.45. The highest BCUT2D eigenvalue weighted by Crippen LogP contribution is 2.18. The summed E-state index contributed by atoms with van der Waals surface area (Å²) in [5.41, 5.74) is 0.760. The van der Waals surface area contributed by atoms with Crippen LogP contribution in [0.4, 0.5) is 0 Å². The highest BCUT2D eigenvalue weighted by atomic mass is 32.1. The fourth-order valence-electron chi connectivity index (χ4n) is 2.05. The molecule has 3 rings (SSSR count). The molecule has 3 aromatic rings. The first kappa shape index (κ1) is 15.8. The van der Waals surface area contributed by atoms with Gasteiger partial charge in [0.15, 0.2) is 5.82 Å². The Morgan fingerprint density at radius 2 is 2.26 bits per heavy atom. The van der Waals surface area contributed by atoms with Crippen molar-refractivity contribution in [2.24, 2.45) is 0 Å². The standard InChI is InChI=1S/C15H16N4O2S2/c1-3-13-17-9(2)14(23-13)15(20)16-8-11-18-12(21-19-11)7-10-5-4-6-22-10/h4-6H,3,7-8H2,1-2H3,(H,16,20). The van der Waals surface area contributed by atoms with Crippen molar-refractivity contribution in [1.82, 2.24) is 20.4 Å². The van der Waals surface area contributed by atoms with Crippen LogP contribution in [0, 0.1) is 6.92 Å². The molecule has 23 heavy (non-hydrogen) atoms. The molecular formula is C15H16N4O2S2. The molecule has 0 saturated heterocycles. The summed E-state index contributed by atoms with van der Waals surface area (Å²) in [5.74, 6) is 0.881. The maximum atomic E-state index is 12.2. The number of rotatable bonds is 6. The molecule has 0 aliphatic carbocycles. The van der Waals surface area contributed by atoms with E-state index in [1.165, 1.54) is 11.3 Å². The molecule has 0 fully saturated rings. The van der Waals surface area contributed by atoms with Gasteiger partial charge in [0.05, 0.1) is 23.7 Å². The number of carbonyl (C=O) groups excluding carboxylic acids is 1. The topological polar surface area (TPSA) is 80.9 Å². The summed E-state index contributed by atoms with van der Waals surface area (Å²) in [4.78, 5) is 22.7. The van der Waals surface area contributed by atoms with Gasteiger partial charge < -0.3 is 9.84 Å². The Morgan fingerprint density at radius 3 is 2.96 bits per heavy atom. The third-order valence-electron chi connectivity index (χ3n) is 3.17. The number of thiophene rings is 1. The fourth-order valence-corrected chi connectivity index (χ4v) is 3.67. The van der Waals surface area contributed by atoms with Gasteiger partial charge in [-0.25, -0.2) is 4.98 Å². The molecule has 1 amide bonds. The SMILES string of the molecule is CCc1nc(C)c(C(=O)NCc2noc(Cc3cccs3)n2)s1. The molecule has 0 unspecified atom stereocenters. The normalized spacial score (nSPS) is 10.9. The van der Waals surface area contributed by atoms with Gasteiger partial charge in [0, 0.05) is 4.88 Å². The van der Waals surface area contributed by atoms with Crippen LogP contribution in [0.2, 0.25) is 0 Å². The van der Waals surface area contributed by atoms with E-state index in [2.05, 4.69) is 20.4 Å². The zero-order valence-corrected chi connectivity index (χ0v) is 14.5. The summed E-state index contributed by atoms with van der Waals surface area (Å²) in [7, 11) is 0. The second kappa shape index (κ2) is 7.01. The van der Waals surface area contributed by atoms with Crippen LogP contribution in [-0.2, 0) is 19.4 Å². The molecule has 120 valence electrons. The van der Waals surface area contributed by atoms with E-state index in [4.69, 9.17) is 4.52 Å². The third kappa shape index (κ3) is 3.83. The van der Waals surface area contributed by atoms with E-state index in [-0.39, 0.29) is 12.5 Å². The van der Waals surface area contributed by atoms with E-state index in [0.29, 0.717) is 23.0 Å². The predicted molar refractivity (Wildman–Crippen MR) is 88.8 cm³/mol. The lowest BCUT2D eigenvalue weighted by molar-refractivity contribution is 0.0953. The monoisotopic (exact) mass is 348 g/mol. The minimum absolute atomic E-state index is 0.149. The molecule has 0 saturated carbocycles. The molecule has 3 aromatic heterocycles. The first-order chi connectivity index (χ1) is 11.2. The maximum absolute atomic E-state index is 12.2. The van der Waals surface area contributed by atoms with Crippen molar-refractivity contribution in [3.05, 3.63) is 49.7 Å². The van der Waals surface area contributed by atoms with Gasteiger partial charge in [0.1, 0.15) is 4.88 Å². The lowest BCUT2D eigenvalue weighted by Crippen LogP contribution is -2.23. The molecule has 6 nitrogen and oxygen atoms in total. The molecule has 1 N–H and O–H groups in total. The van der Waals surface area contributed by atoms with E-state index in [1.807, 2.05) is 31.4 Å². The summed E-state index contributed by atoms with van der Waals surface area (Å²) >= 11 is 3.07. The number of thiazole rings is 1. The number of nitrogens with one attached hydrogen (secondary N) is 1. The predicted octanol–water partition coefficient (Wildman–Crippen LogP) is 2.98. The summed E-state index contributed by atoms with van der Waals surface area (Å²) in [6.45, 7) is 4.11. The molecule has 0 bridgehead atoms. The fraction of sp³-hybridized carbons (Fsp3) is 0.333. The molecule has 3 heterocycles. The molecule has 0 atom stereocenters. The van der Waals surface area contributed by atoms with Gasteiger partial charge in [-0.15, -0.1) is 22.7 Å². The summed E-state index contributed by atoms with van der Waals surface area (Å²) in [5, 5.41) is 9.68. The number of nitrogens with zero attached hydrogens (tertiary/aromatic N) is 3. The molecule has 0 radical (unpaired) electrons. The molecule has 0 aromatic carbocycles. The molecule has 8 heteroatoms. The van der Waals surface area contributed by atoms with Crippen LogP contribution in [0.5, 0.6) is 0 Å². The third-order valence-corrected chi connectivity index (χ3v) is 5.35. The van der Waals surface area contributed by atoms with Crippen molar-refractivity contribution >= 4 is 28.6 Å². The second-order valence-corrected chi connectivity index (χ2v) is 7.03. The van der Waals surface area contributed by atoms with Crippen molar-refractivity contribution in [3.63, 3.8) is 0 Å². The lowest BCUT2D eigenvalue weighted by Gasteiger charge is -1.99. The number of hydrogen-bond donors (Lipinski definition) is 1. The van der Waals surface area contributed by atoms with E-state index < -0.39 is 0 Å². The Balaban J connectivity index is 1.58. The Hall–Kier alpha value is -2.06. The number of hydrogen-bond acceptors (Lipinski definition) is 7. The van der Waals surface area contributed by atoms with Gasteiger partial charge in [-0.05, 0) is 24.8 Å². The quantitative estimate of drug-likeness (QED) is 0.741. The highest BCUT2D eigenvalue weighted by Gasteiger charge is 2.15. The average molecular weight is 348 g/mol. The van der Waals surface area contributed by atoms with Crippen molar-refractivity contribution < 1.29 is 9.32 Å². The van der Waals surface area contributed by atoms with E-state index in [9.17, 15) is 4.79 Å².